The molecule has 1 heterocycles. The molecule has 3 saturated carbocycles. The second-order valence-corrected chi connectivity index (χ2v) is 13.0. The molecule has 5 aliphatic rings. The Hall–Kier alpha value is -1.62. The van der Waals surface area contributed by atoms with Gasteiger partial charge in [-0.15, -0.1) is 0 Å². The molecule has 9 heteroatoms. The maximum atomic E-state index is 13.3. The summed E-state index contributed by atoms with van der Waals surface area (Å²) >= 11 is 0. The monoisotopic (exact) mass is 520 g/mol. The number of carbonyl (C=O) groups excluding carboxylic acids is 2. The molecule has 0 aromatic rings. The molecule has 0 amide bonds. The minimum Gasteiger partial charge on any atom is -0.455 e. The molecule has 11 atom stereocenters. The van der Waals surface area contributed by atoms with Gasteiger partial charge in [0.15, 0.2) is 5.78 Å². The molecule has 1 aliphatic heterocycles. The summed E-state index contributed by atoms with van der Waals surface area (Å²) in [6, 6.07) is 0. The van der Waals surface area contributed by atoms with Crippen LogP contribution in [0.25, 0.3) is 0 Å². The Kier molecular flexibility index (Phi) is 5.64. The lowest BCUT2D eigenvalue weighted by molar-refractivity contribution is -0.321. The van der Waals surface area contributed by atoms with E-state index in [2.05, 4.69) is 0 Å². The maximum Gasteiger partial charge on any atom is 0.334 e. The van der Waals surface area contributed by atoms with Crippen LogP contribution in [0.3, 0.4) is 0 Å². The molecule has 0 aromatic heterocycles. The van der Waals surface area contributed by atoms with Gasteiger partial charge in [0.05, 0.1) is 17.1 Å². The molecule has 37 heavy (non-hydrogen) atoms. The summed E-state index contributed by atoms with van der Waals surface area (Å²) in [5, 5.41) is 70.7. The highest BCUT2D eigenvalue weighted by molar-refractivity contribution is 5.97. The van der Waals surface area contributed by atoms with E-state index in [0.717, 1.165) is 5.57 Å². The number of rotatable bonds is 2. The van der Waals surface area contributed by atoms with Gasteiger partial charge < -0.3 is 35.4 Å². The molecule has 0 radical (unpaired) electrons. The number of ether oxygens (including phenoxy) is 1. The standard InChI is InChI=1S/C28H40O9/c1-14-13-18(37-22(32)15(14)2)25(5,33)28(36)12-11-26(34)19-16(8-10-23(26,28)3)24(4)17(29)7-6-9-27(24,35)21(31)20(19)30/h6-7,16,18-21,30-31,33-36H,8-13H2,1-5H3/t16-,18+,19-,20+,21+,23-,24-,25-,26+,27-,28-/m0/s1. The van der Waals surface area contributed by atoms with Gasteiger partial charge in [-0.05, 0) is 71.8 Å². The van der Waals surface area contributed by atoms with Crippen molar-refractivity contribution in [2.75, 3.05) is 0 Å². The first-order chi connectivity index (χ1) is 16.9. The SMILES string of the molecule is CC1=C(C)C(=O)O[C@@H]([C@](C)(O)[C@]2(O)CC[C@@]3(O)[C@@H]4[C@@H](O)[C@@H](O)[C@@]5(O)CC=CC(=O)[C@]5(C)[C@H]4CC[C@]23C)C1. The van der Waals surface area contributed by atoms with Gasteiger partial charge in [0, 0.05) is 23.3 Å². The maximum absolute atomic E-state index is 13.3. The van der Waals surface area contributed by atoms with Crippen molar-refractivity contribution in [2.45, 2.75) is 114 Å². The zero-order valence-corrected chi connectivity index (χ0v) is 22.2. The molecule has 0 unspecified atom stereocenters. The highest BCUT2D eigenvalue weighted by Crippen LogP contribution is 2.71. The number of hydrogen-bond donors (Lipinski definition) is 6. The highest BCUT2D eigenvalue weighted by atomic mass is 16.6. The Morgan fingerprint density at radius 3 is 2.30 bits per heavy atom. The molecule has 4 aliphatic carbocycles. The van der Waals surface area contributed by atoms with Crippen LogP contribution in [0, 0.1) is 22.7 Å². The molecule has 206 valence electrons. The first kappa shape index (κ1) is 27.0. The average Bonchev–Trinajstić information content (AvgIpc) is 3.05. The fourth-order valence-electron chi connectivity index (χ4n) is 8.97. The van der Waals surface area contributed by atoms with Crippen LogP contribution in [0.2, 0.25) is 0 Å². The van der Waals surface area contributed by atoms with E-state index >= 15 is 0 Å². The normalized spacial score (nSPS) is 53.2. The van der Waals surface area contributed by atoms with E-state index in [9.17, 15) is 40.2 Å². The van der Waals surface area contributed by atoms with Crippen LogP contribution in [0.5, 0.6) is 0 Å². The van der Waals surface area contributed by atoms with Gasteiger partial charge in [-0.1, -0.05) is 18.6 Å². The predicted octanol–water partition coefficient (Wildman–Crippen LogP) is 0.680. The molecule has 0 spiro atoms. The number of hydrogen-bond acceptors (Lipinski definition) is 9. The minimum atomic E-state index is -1.96. The fourth-order valence-corrected chi connectivity index (χ4v) is 8.97. The second-order valence-electron chi connectivity index (χ2n) is 13.0. The topological polar surface area (TPSA) is 165 Å². The number of cyclic esters (lactones) is 1. The fraction of sp³-hybridized carbons (Fsp3) is 0.786. The molecule has 0 saturated heterocycles. The zero-order valence-electron chi connectivity index (χ0n) is 22.2. The molecule has 6 N–H and O–H groups in total. The van der Waals surface area contributed by atoms with Gasteiger partial charge in [0.25, 0.3) is 0 Å². The van der Waals surface area contributed by atoms with Crippen molar-refractivity contribution in [1.29, 1.82) is 0 Å². The summed E-state index contributed by atoms with van der Waals surface area (Å²) in [6.07, 6.45) is -0.869. The van der Waals surface area contributed by atoms with Gasteiger partial charge >= 0.3 is 5.97 Å². The van der Waals surface area contributed by atoms with Crippen molar-refractivity contribution in [2.24, 2.45) is 22.7 Å². The third-order valence-electron chi connectivity index (χ3n) is 11.9. The molecule has 9 nitrogen and oxygen atoms in total. The van der Waals surface area contributed by atoms with E-state index in [-0.39, 0.29) is 44.3 Å². The summed E-state index contributed by atoms with van der Waals surface area (Å²) in [6.45, 7) is 8.09. The summed E-state index contributed by atoms with van der Waals surface area (Å²) in [5.74, 6) is -2.67. The van der Waals surface area contributed by atoms with Crippen molar-refractivity contribution in [3.63, 3.8) is 0 Å². The van der Waals surface area contributed by atoms with Crippen molar-refractivity contribution >= 4 is 11.8 Å². The number of fused-ring (bicyclic) bond motifs is 5. The molecule has 0 aromatic carbocycles. The van der Waals surface area contributed by atoms with Crippen LogP contribution in [0.1, 0.15) is 73.1 Å². The first-order valence-corrected chi connectivity index (χ1v) is 13.3. The number of esters is 1. The summed E-state index contributed by atoms with van der Waals surface area (Å²) in [5.41, 5.74) is -9.21. The van der Waals surface area contributed by atoms with E-state index in [1.165, 1.54) is 19.1 Å². The van der Waals surface area contributed by atoms with Crippen LogP contribution < -0.4 is 0 Å². The van der Waals surface area contributed by atoms with E-state index in [0.29, 0.717) is 5.57 Å². The summed E-state index contributed by atoms with van der Waals surface area (Å²) in [4.78, 5) is 25.7. The van der Waals surface area contributed by atoms with Crippen molar-refractivity contribution < 1.29 is 45.0 Å². The summed E-state index contributed by atoms with van der Waals surface area (Å²) < 4.78 is 5.56. The molecule has 3 fully saturated rings. The van der Waals surface area contributed by atoms with Crippen LogP contribution in [-0.2, 0) is 14.3 Å². The van der Waals surface area contributed by atoms with Crippen LogP contribution in [0.4, 0.5) is 0 Å². The van der Waals surface area contributed by atoms with E-state index in [1.54, 1.807) is 27.7 Å². The van der Waals surface area contributed by atoms with Gasteiger partial charge in [-0.3, -0.25) is 4.79 Å². The Morgan fingerprint density at radius 1 is 1.03 bits per heavy atom. The Labute approximate surface area is 216 Å². The largest absolute Gasteiger partial charge is 0.455 e. The zero-order chi connectivity index (χ0) is 27.6. The number of aliphatic hydroxyl groups is 6. The van der Waals surface area contributed by atoms with E-state index in [4.69, 9.17) is 4.74 Å². The number of ketones is 1. The van der Waals surface area contributed by atoms with E-state index < -0.39 is 69.4 Å². The summed E-state index contributed by atoms with van der Waals surface area (Å²) in [7, 11) is 0. The lowest BCUT2D eigenvalue weighted by atomic mass is 9.40. The van der Waals surface area contributed by atoms with E-state index in [1.807, 2.05) is 0 Å². The van der Waals surface area contributed by atoms with Gasteiger partial charge in [0.2, 0.25) is 0 Å². The minimum absolute atomic E-state index is 0.00956. The average molecular weight is 521 g/mol. The Balaban J connectivity index is 1.59. The third-order valence-corrected chi connectivity index (χ3v) is 11.9. The predicted molar refractivity (Wildman–Crippen MR) is 131 cm³/mol. The molecular formula is C28H40O9. The second kappa shape index (κ2) is 7.73. The smallest absolute Gasteiger partial charge is 0.334 e. The highest BCUT2D eigenvalue weighted by Gasteiger charge is 2.80. The van der Waals surface area contributed by atoms with Crippen molar-refractivity contribution in [3.05, 3.63) is 23.3 Å². The van der Waals surface area contributed by atoms with Crippen LogP contribution >= 0.6 is 0 Å². The van der Waals surface area contributed by atoms with Crippen LogP contribution in [-0.4, -0.2) is 83.1 Å². The molecular weight excluding hydrogens is 480 g/mol. The first-order valence-electron chi connectivity index (χ1n) is 13.3. The molecule has 0 bridgehead atoms. The number of aliphatic hydroxyl groups excluding tert-OH is 2. The van der Waals surface area contributed by atoms with Gasteiger partial charge in [0.1, 0.15) is 29.0 Å². The number of allylic oxidation sites excluding steroid dienone is 1. The Bertz CT molecular complexity index is 1110. The Morgan fingerprint density at radius 2 is 1.68 bits per heavy atom. The lowest BCUT2D eigenvalue weighted by Gasteiger charge is -2.67. The van der Waals surface area contributed by atoms with Gasteiger partial charge in [-0.2, -0.15) is 0 Å². The molecule has 5 rings (SSSR count). The lowest BCUT2D eigenvalue weighted by Crippen LogP contribution is -2.79. The van der Waals surface area contributed by atoms with Crippen molar-refractivity contribution in [1.82, 2.24) is 0 Å². The van der Waals surface area contributed by atoms with Crippen molar-refractivity contribution in [3.8, 4) is 0 Å². The van der Waals surface area contributed by atoms with Gasteiger partial charge in [-0.25, -0.2) is 4.79 Å². The third kappa shape index (κ3) is 2.85. The quantitative estimate of drug-likeness (QED) is 0.287. The van der Waals surface area contributed by atoms with Crippen LogP contribution in [0.15, 0.2) is 23.3 Å². The number of carbonyl (C=O) groups is 2.